The number of rotatable bonds is 3. The summed E-state index contributed by atoms with van der Waals surface area (Å²) in [5, 5.41) is 9.80. The van der Waals surface area contributed by atoms with E-state index in [0.29, 0.717) is 24.5 Å². The maximum Gasteiger partial charge on any atom is 0.229 e. The summed E-state index contributed by atoms with van der Waals surface area (Å²) >= 11 is 0. The maximum atomic E-state index is 12.2. The maximum absolute atomic E-state index is 12.2. The zero-order valence-electron chi connectivity index (χ0n) is 11.3. The number of aliphatic hydroxyl groups excluding tert-OH is 1. The van der Waals surface area contributed by atoms with E-state index in [1.54, 1.807) is 23.1 Å². The molecule has 0 aliphatic carbocycles. The summed E-state index contributed by atoms with van der Waals surface area (Å²) in [6.45, 7) is 4.92. The van der Waals surface area contributed by atoms with E-state index in [4.69, 9.17) is 10.5 Å². The van der Waals surface area contributed by atoms with Crippen LogP contribution in [0, 0.1) is 5.92 Å². The van der Waals surface area contributed by atoms with Crippen molar-refractivity contribution in [1.82, 2.24) is 0 Å². The van der Waals surface area contributed by atoms with Gasteiger partial charge >= 0.3 is 0 Å². The van der Waals surface area contributed by atoms with Gasteiger partial charge in [0.05, 0.1) is 18.3 Å². The number of ether oxygens (including phenoxy) is 1. The molecule has 0 aromatic heterocycles. The van der Waals surface area contributed by atoms with Crippen LogP contribution in [0.15, 0.2) is 18.2 Å². The quantitative estimate of drug-likeness (QED) is 0.856. The van der Waals surface area contributed by atoms with Crippen LogP contribution >= 0.6 is 0 Å². The van der Waals surface area contributed by atoms with Crippen molar-refractivity contribution in [1.29, 1.82) is 0 Å². The molecular weight excluding hydrogens is 244 g/mol. The Labute approximate surface area is 113 Å². The average Bonchev–Trinajstić information content (AvgIpc) is 2.44. The zero-order valence-corrected chi connectivity index (χ0v) is 11.3. The number of amides is 1. The molecule has 2 rings (SSSR count). The second-order valence-electron chi connectivity index (χ2n) is 4.97. The molecule has 5 nitrogen and oxygen atoms in total. The van der Waals surface area contributed by atoms with E-state index in [0.717, 1.165) is 5.69 Å². The fraction of sp³-hybridized carbons (Fsp3) is 0.500. The first-order valence-electron chi connectivity index (χ1n) is 6.51. The molecule has 5 heteroatoms. The van der Waals surface area contributed by atoms with E-state index in [2.05, 4.69) is 0 Å². The highest BCUT2D eigenvalue weighted by Gasteiger charge is 2.26. The predicted molar refractivity (Wildman–Crippen MR) is 73.1 cm³/mol. The normalized spacial score (nSPS) is 15.9. The molecule has 1 aliphatic heterocycles. The van der Waals surface area contributed by atoms with Crippen molar-refractivity contribution in [3.05, 3.63) is 23.8 Å². The fourth-order valence-electron chi connectivity index (χ4n) is 2.12. The van der Waals surface area contributed by atoms with Crippen molar-refractivity contribution in [3.8, 4) is 5.75 Å². The number of carbonyl (C=O) groups excluding carboxylic acids is 1. The molecule has 19 heavy (non-hydrogen) atoms. The minimum Gasteiger partial charge on any atom is -0.490 e. The van der Waals surface area contributed by atoms with Crippen LogP contribution in [0.1, 0.15) is 25.5 Å². The Balaban J connectivity index is 2.38. The van der Waals surface area contributed by atoms with E-state index in [-0.39, 0.29) is 18.4 Å². The Morgan fingerprint density at radius 3 is 2.89 bits per heavy atom. The average molecular weight is 264 g/mol. The summed E-state index contributed by atoms with van der Waals surface area (Å²) in [5.41, 5.74) is 6.88. The van der Waals surface area contributed by atoms with Crippen molar-refractivity contribution >= 4 is 11.6 Å². The lowest BCUT2D eigenvalue weighted by atomic mass is 10.1. The van der Waals surface area contributed by atoms with Gasteiger partial charge in [-0.2, -0.15) is 0 Å². The second-order valence-corrected chi connectivity index (χ2v) is 4.97. The van der Waals surface area contributed by atoms with Gasteiger partial charge in [-0.15, -0.1) is 0 Å². The molecule has 1 amide bonds. The Bertz CT molecular complexity index is 474. The SMILES string of the molecule is CC(C)C(=O)N1CCOc2ccc(C(O)CN)cc21. The molecule has 0 bridgehead atoms. The molecule has 1 atom stereocenters. The first-order valence-corrected chi connectivity index (χ1v) is 6.51. The number of hydrogen-bond acceptors (Lipinski definition) is 4. The van der Waals surface area contributed by atoms with Gasteiger partial charge in [0.25, 0.3) is 0 Å². The Morgan fingerprint density at radius 1 is 1.53 bits per heavy atom. The van der Waals surface area contributed by atoms with Crippen molar-refractivity contribution < 1.29 is 14.6 Å². The molecule has 0 fully saturated rings. The zero-order chi connectivity index (χ0) is 14.0. The molecule has 1 heterocycles. The minimum absolute atomic E-state index is 0.0592. The lowest BCUT2D eigenvalue weighted by molar-refractivity contribution is -0.121. The third-order valence-electron chi connectivity index (χ3n) is 3.21. The van der Waals surface area contributed by atoms with E-state index >= 15 is 0 Å². The van der Waals surface area contributed by atoms with Crippen molar-refractivity contribution in [3.63, 3.8) is 0 Å². The summed E-state index contributed by atoms with van der Waals surface area (Å²) in [4.78, 5) is 13.9. The van der Waals surface area contributed by atoms with Crippen molar-refractivity contribution in [2.24, 2.45) is 11.7 Å². The standard InChI is InChI=1S/C14H20N2O3/c1-9(2)14(18)16-5-6-19-13-4-3-10(7-11(13)16)12(17)8-15/h3-4,7,9,12,17H,5-6,8,15H2,1-2H3. The molecule has 0 saturated heterocycles. The lowest BCUT2D eigenvalue weighted by Crippen LogP contribution is -2.40. The number of nitrogens with two attached hydrogens (primary N) is 1. The van der Waals surface area contributed by atoms with Crippen LogP contribution in [0.3, 0.4) is 0 Å². The molecule has 1 aromatic rings. The number of hydrogen-bond donors (Lipinski definition) is 2. The summed E-state index contributed by atoms with van der Waals surface area (Å²) in [7, 11) is 0. The first-order chi connectivity index (χ1) is 9.04. The summed E-state index contributed by atoms with van der Waals surface area (Å²) in [6.07, 6.45) is -0.719. The molecule has 3 N–H and O–H groups in total. The Hall–Kier alpha value is -1.59. The van der Waals surface area contributed by atoms with Crippen LogP contribution in [0.25, 0.3) is 0 Å². The van der Waals surface area contributed by atoms with Gasteiger partial charge in [-0.1, -0.05) is 19.9 Å². The van der Waals surface area contributed by atoms with Crippen molar-refractivity contribution in [2.45, 2.75) is 20.0 Å². The number of fused-ring (bicyclic) bond motifs is 1. The number of anilines is 1. The monoisotopic (exact) mass is 264 g/mol. The molecule has 1 unspecified atom stereocenters. The third kappa shape index (κ3) is 2.72. The van der Waals surface area contributed by atoms with Gasteiger partial charge in [-0.05, 0) is 17.7 Å². The molecular formula is C14H20N2O3. The highest BCUT2D eigenvalue weighted by molar-refractivity contribution is 5.96. The Kier molecular flexibility index (Phi) is 4.07. The largest absolute Gasteiger partial charge is 0.490 e. The molecule has 104 valence electrons. The van der Waals surface area contributed by atoms with Gasteiger partial charge in [-0.25, -0.2) is 0 Å². The van der Waals surface area contributed by atoms with E-state index in [1.165, 1.54) is 0 Å². The number of aliphatic hydroxyl groups is 1. The van der Waals surface area contributed by atoms with Crippen LogP contribution in [-0.4, -0.2) is 30.7 Å². The van der Waals surface area contributed by atoms with Crippen LogP contribution in [0.5, 0.6) is 5.75 Å². The van der Waals surface area contributed by atoms with Gasteiger partial charge in [-0.3, -0.25) is 4.79 Å². The van der Waals surface area contributed by atoms with E-state index < -0.39 is 6.10 Å². The molecule has 0 radical (unpaired) electrons. The van der Waals surface area contributed by atoms with E-state index in [1.807, 2.05) is 13.8 Å². The highest BCUT2D eigenvalue weighted by Crippen LogP contribution is 2.34. The van der Waals surface area contributed by atoms with Gasteiger partial charge < -0.3 is 20.5 Å². The number of benzene rings is 1. The smallest absolute Gasteiger partial charge is 0.229 e. The van der Waals surface area contributed by atoms with Crippen LogP contribution in [0.2, 0.25) is 0 Å². The molecule has 0 spiro atoms. The fourth-order valence-corrected chi connectivity index (χ4v) is 2.12. The van der Waals surface area contributed by atoms with E-state index in [9.17, 15) is 9.90 Å². The first kappa shape index (κ1) is 13.8. The van der Waals surface area contributed by atoms with Gasteiger partial charge in [0, 0.05) is 12.5 Å². The summed E-state index contributed by atoms with van der Waals surface area (Å²) in [6, 6.07) is 5.34. The summed E-state index contributed by atoms with van der Waals surface area (Å²) < 4.78 is 5.55. The lowest BCUT2D eigenvalue weighted by Gasteiger charge is -2.31. The highest BCUT2D eigenvalue weighted by atomic mass is 16.5. The number of nitrogens with zero attached hydrogens (tertiary/aromatic N) is 1. The van der Waals surface area contributed by atoms with Crippen molar-refractivity contribution in [2.75, 3.05) is 24.6 Å². The van der Waals surface area contributed by atoms with Crippen LogP contribution in [0.4, 0.5) is 5.69 Å². The molecule has 0 saturated carbocycles. The minimum atomic E-state index is -0.719. The van der Waals surface area contributed by atoms with Crippen LogP contribution in [-0.2, 0) is 4.79 Å². The van der Waals surface area contributed by atoms with Crippen LogP contribution < -0.4 is 15.4 Å². The van der Waals surface area contributed by atoms with Gasteiger partial charge in [0.15, 0.2) is 0 Å². The Morgan fingerprint density at radius 2 is 2.26 bits per heavy atom. The van der Waals surface area contributed by atoms with Gasteiger partial charge in [0.1, 0.15) is 12.4 Å². The summed E-state index contributed by atoms with van der Waals surface area (Å²) in [5.74, 6) is 0.659. The number of carbonyl (C=O) groups is 1. The molecule has 1 aromatic carbocycles. The van der Waals surface area contributed by atoms with Gasteiger partial charge in [0.2, 0.25) is 5.91 Å². The second kappa shape index (κ2) is 5.59. The molecule has 1 aliphatic rings. The predicted octanol–water partition coefficient (Wildman–Crippen LogP) is 1.06. The third-order valence-corrected chi connectivity index (χ3v) is 3.21. The topological polar surface area (TPSA) is 75.8 Å².